The second kappa shape index (κ2) is 7.98. The van der Waals surface area contributed by atoms with E-state index in [-0.39, 0.29) is 12.3 Å². The first kappa shape index (κ1) is 17.2. The predicted molar refractivity (Wildman–Crippen MR) is 93.3 cm³/mol. The van der Waals surface area contributed by atoms with Gasteiger partial charge in [0.2, 0.25) is 5.76 Å². The lowest BCUT2D eigenvalue weighted by Gasteiger charge is -2.07. The van der Waals surface area contributed by atoms with E-state index in [4.69, 9.17) is 9.15 Å². The molecule has 3 aromatic rings. The van der Waals surface area contributed by atoms with Gasteiger partial charge in [0.25, 0.3) is 5.91 Å². The van der Waals surface area contributed by atoms with Gasteiger partial charge in [-0.2, -0.15) is 0 Å². The summed E-state index contributed by atoms with van der Waals surface area (Å²) in [6, 6.07) is 17.2. The number of hydrogen-bond acceptors (Lipinski definition) is 5. The minimum absolute atomic E-state index is 0.00692. The smallest absolute Gasteiger partial charge is 0.374 e. The summed E-state index contributed by atoms with van der Waals surface area (Å²) in [5, 5.41) is 5.38. The molecule has 1 aromatic heterocycles. The van der Waals surface area contributed by atoms with Crippen molar-refractivity contribution in [1.82, 2.24) is 10.6 Å². The molecule has 132 valence electrons. The van der Waals surface area contributed by atoms with Crippen LogP contribution in [0, 0.1) is 0 Å². The number of carbonyl (C=O) groups is 3. The van der Waals surface area contributed by atoms with Crippen LogP contribution in [0.25, 0.3) is 11.0 Å². The number of furan rings is 1. The van der Waals surface area contributed by atoms with Gasteiger partial charge in [-0.1, -0.05) is 48.5 Å². The fourth-order valence-corrected chi connectivity index (χ4v) is 2.27. The molecule has 0 aliphatic heterocycles. The van der Waals surface area contributed by atoms with Crippen molar-refractivity contribution in [3.8, 4) is 0 Å². The number of esters is 1. The van der Waals surface area contributed by atoms with Crippen LogP contribution in [0.2, 0.25) is 0 Å². The second-order valence-corrected chi connectivity index (χ2v) is 5.44. The topological polar surface area (TPSA) is 97.6 Å². The molecule has 0 aliphatic rings. The standard InChI is InChI=1S/C19H16N2O5/c22-17(21-19(24)20-11-13-6-2-1-3-7-13)12-25-18(23)16-10-14-8-4-5-9-15(14)26-16/h1-10H,11-12H2,(H2,20,21,22,24). The van der Waals surface area contributed by atoms with E-state index in [0.29, 0.717) is 5.58 Å². The Balaban J connectivity index is 1.44. The van der Waals surface area contributed by atoms with E-state index >= 15 is 0 Å². The third-order valence-electron chi connectivity index (χ3n) is 3.51. The van der Waals surface area contributed by atoms with Crippen LogP contribution in [0.1, 0.15) is 16.1 Å². The van der Waals surface area contributed by atoms with Crippen molar-refractivity contribution >= 4 is 28.9 Å². The number of hydrogen-bond donors (Lipinski definition) is 2. The van der Waals surface area contributed by atoms with Gasteiger partial charge in [-0.25, -0.2) is 9.59 Å². The summed E-state index contributed by atoms with van der Waals surface area (Å²) in [6.45, 7) is -0.312. The highest BCUT2D eigenvalue weighted by Crippen LogP contribution is 2.19. The average Bonchev–Trinajstić information content (AvgIpc) is 3.09. The zero-order valence-electron chi connectivity index (χ0n) is 13.7. The molecular weight excluding hydrogens is 336 g/mol. The van der Waals surface area contributed by atoms with Gasteiger partial charge < -0.3 is 14.5 Å². The number of urea groups is 1. The maximum absolute atomic E-state index is 11.9. The third kappa shape index (κ3) is 4.47. The summed E-state index contributed by atoms with van der Waals surface area (Å²) in [4.78, 5) is 35.3. The molecule has 0 radical (unpaired) electrons. The molecule has 0 atom stereocenters. The Morgan fingerprint density at radius 3 is 2.46 bits per heavy atom. The van der Waals surface area contributed by atoms with E-state index in [9.17, 15) is 14.4 Å². The molecule has 0 saturated carbocycles. The Morgan fingerprint density at radius 2 is 1.69 bits per heavy atom. The molecule has 0 unspecified atom stereocenters. The number of carbonyl (C=O) groups excluding carboxylic acids is 3. The average molecular weight is 352 g/mol. The van der Waals surface area contributed by atoms with Gasteiger partial charge in [-0.15, -0.1) is 0 Å². The van der Waals surface area contributed by atoms with Gasteiger partial charge in [-0.3, -0.25) is 10.1 Å². The molecule has 7 nitrogen and oxygen atoms in total. The first-order valence-electron chi connectivity index (χ1n) is 7.89. The maximum atomic E-state index is 11.9. The lowest BCUT2D eigenvalue weighted by atomic mass is 10.2. The molecule has 3 amide bonds. The lowest BCUT2D eigenvalue weighted by molar-refractivity contribution is -0.123. The number of nitrogens with one attached hydrogen (secondary N) is 2. The fourth-order valence-electron chi connectivity index (χ4n) is 2.27. The summed E-state index contributed by atoms with van der Waals surface area (Å²) in [7, 11) is 0. The molecule has 3 rings (SSSR count). The van der Waals surface area contributed by atoms with Crippen molar-refractivity contribution in [3.05, 3.63) is 72.0 Å². The minimum atomic E-state index is -0.777. The Bertz CT molecular complexity index is 900. The fraction of sp³-hybridized carbons (Fsp3) is 0.105. The van der Waals surface area contributed by atoms with Crippen molar-refractivity contribution in [1.29, 1.82) is 0 Å². The van der Waals surface area contributed by atoms with Crippen molar-refractivity contribution in [2.45, 2.75) is 6.54 Å². The highest BCUT2D eigenvalue weighted by atomic mass is 16.5. The Morgan fingerprint density at radius 1 is 0.962 bits per heavy atom. The van der Waals surface area contributed by atoms with Crippen molar-refractivity contribution < 1.29 is 23.5 Å². The summed E-state index contributed by atoms with van der Waals surface area (Å²) < 4.78 is 10.2. The highest BCUT2D eigenvalue weighted by Gasteiger charge is 2.16. The first-order valence-corrected chi connectivity index (χ1v) is 7.89. The van der Waals surface area contributed by atoms with Crippen molar-refractivity contribution in [2.75, 3.05) is 6.61 Å². The van der Waals surface area contributed by atoms with Crippen molar-refractivity contribution in [3.63, 3.8) is 0 Å². The zero-order chi connectivity index (χ0) is 18.4. The number of amides is 3. The van der Waals surface area contributed by atoms with Crippen LogP contribution in [0.4, 0.5) is 4.79 Å². The normalized spacial score (nSPS) is 10.3. The summed E-state index contributed by atoms with van der Waals surface area (Å²) in [5.41, 5.74) is 1.44. The van der Waals surface area contributed by atoms with E-state index in [1.54, 1.807) is 18.2 Å². The molecule has 26 heavy (non-hydrogen) atoms. The summed E-state index contributed by atoms with van der Waals surface area (Å²) in [6.07, 6.45) is 0. The number of benzene rings is 2. The monoisotopic (exact) mass is 352 g/mol. The van der Waals surface area contributed by atoms with Gasteiger partial charge in [0.15, 0.2) is 6.61 Å². The van der Waals surface area contributed by atoms with Crippen LogP contribution in [0.15, 0.2) is 65.1 Å². The number of ether oxygens (including phenoxy) is 1. The van der Waals surface area contributed by atoms with E-state index < -0.39 is 24.5 Å². The zero-order valence-corrected chi connectivity index (χ0v) is 13.7. The van der Waals surface area contributed by atoms with E-state index in [1.807, 2.05) is 36.4 Å². The van der Waals surface area contributed by atoms with Crippen LogP contribution in [-0.2, 0) is 16.1 Å². The van der Waals surface area contributed by atoms with Gasteiger partial charge >= 0.3 is 12.0 Å². The van der Waals surface area contributed by atoms with Crippen LogP contribution < -0.4 is 10.6 Å². The molecule has 1 heterocycles. The largest absolute Gasteiger partial charge is 0.450 e. The van der Waals surface area contributed by atoms with Gasteiger partial charge in [-0.05, 0) is 17.7 Å². The van der Waals surface area contributed by atoms with Crippen molar-refractivity contribution in [2.24, 2.45) is 0 Å². The van der Waals surface area contributed by atoms with Crippen LogP contribution in [0.5, 0.6) is 0 Å². The number of fused-ring (bicyclic) bond motifs is 1. The molecule has 0 bridgehead atoms. The quantitative estimate of drug-likeness (QED) is 0.688. The maximum Gasteiger partial charge on any atom is 0.374 e. The Hall–Kier alpha value is -3.61. The molecule has 0 saturated heterocycles. The lowest BCUT2D eigenvalue weighted by Crippen LogP contribution is -2.41. The predicted octanol–water partition coefficient (Wildman–Crippen LogP) is 2.62. The Labute approximate surface area is 148 Å². The number of rotatable bonds is 5. The molecule has 2 N–H and O–H groups in total. The molecule has 0 spiro atoms. The van der Waals surface area contributed by atoms with E-state index in [0.717, 1.165) is 10.9 Å². The van der Waals surface area contributed by atoms with E-state index in [1.165, 1.54) is 6.07 Å². The molecular formula is C19H16N2O5. The minimum Gasteiger partial charge on any atom is -0.450 e. The van der Waals surface area contributed by atoms with Crippen LogP contribution in [0.3, 0.4) is 0 Å². The SMILES string of the molecule is O=C(COC(=O)c1cc2ccccc2o1)NC(=O)NCc1ccccc1. The molecule has 2 aromatic carbocycles. The molecule has 0 fully saturated rings. The summed E-state index contributed by atoms with van der Waals surface area (Å²) >= 11 is 0. The van der Waals surface area contributed by atoms with E-state index in [2.05, 4.69) is 10.6 Å². The first-order chi connectivity index (χ1) is 12.6. The number of para-hydroxylation sites is 1. The van der Waals surface area contributed by atoms with Gasteiger partial charge in [0, 0.05) is 11.9 Å². The summed E-state index contributed by atoms with van der Waals surface area (Å²) in [5.74, 6) is -1.52. The molecule has 7 heteroatoms. The van der Waals surface area contributed by atoms with Crippen LogP contribution >= 0.6 is 0 Å². The third-order valence-corrected chi connectivity index (χ3v) is 3.51. The van der Waals surface area contributed by atoms with Gasteiger partial charge in [0.05, 0.1) is 0 Å². The van der Waals surface area contributed by atoms with Crippen LogP contribution in [-0.4, -0.2) is 24.5 Å². The van der Waals surface area contributed by atoms with Gasteiger partial charge in [0.1, 0.15) is 5.58 Å². The number of imide groups is 1. The molecule has 0 aliphatic carbocycles. The Kier molecular flexibility index (Phi) is 5.28. The second-order valence-electron chi connectivity index (χ2n) is 5.44. The highest BCUT2D eigenvalue weighted by molar-refractivity contribution is 5.97.